The molecule has 1 aliphatic heterocycles. The summed E-state index contributed by atoms with van der Waals surface area (Å²) >= 11 is 0. The van der Waals surface area contributed by atoms with Crippen LogP contribution in [-0.2, 0) is 4.79 Å². The van der Waals surface area contributed by atoms with Crippen molar-refractivity contribution in [3.63, 3.8) is 0 Å². The van der Waals surface area contributed by atoms with E-state index in [0.29, 0.717) is 0 Å². The molecule has 2 aromatic rings. The number of carbonyl (C=O) groups excluding carboxylic acids is 1. The van der Waals surface area contributed by atoms with Gasteiger partial charge in [-0.1, -0.05) is 48.5 Å². The van der Waals surface area contributed by atoms with Crippen molar-refractivity contribution < 1.29 is 4.79 Å². The number of aryl methyl sites for hydroxylation is 1. The molecule has 0 spiro atoms. The fourth-order valence-electron chi connectivity index (χ4n) is 2.92. The maximum Gasteiger partial charge on any atom is 0.246 e. The Morgan fingerprint density at radius 2 is 1.57 bits per heavy atom. The van der Waals surface area contributed by atoms with Crippen LogP contribution in [0, 0.1) is 6.92 Å². The summed E-state index contributed by atoms with van der Waals surface area (Å²) < 4.78 is 0. The second-order valence-corrected chi connectivity index (χ2v) is 5.84. The lowest BCUT2D eigenvalue weighted by atomic mass is 10.1. The number of benzene rings is 2. The van der Waals surface area contributed by atoms with Gasteiger partial charge in [0.2, 0.25) is 5.91 Å². The molecule has 0 atom stereocenters. The van der Waals surface area contributed by atoms with E-state index in [1.807, 2.05) is 41.3 Å². The van der Waals surface area contributed by atoms with Crippen molar-refractivity contribution in [2.45, 2.75) is 6.92 Å². The number of para-hydroxylation sites is 1. The second-order valence-electron chi connectivity index (χ2n) is 5.84. The van der Waals surface area contributed by atoms with Crippen LogP contribution >= 0.6 is 0 Å². The standard InChI is InChI=1S/C20H22N2O/c1-17-7-5-6-10-19(17)21-13-15-22(16-14-21)20(23)12-11-18-8-3-2-4-9-18/h2-12H,13-16H2,1H3/b12-11-. The third-order valence-electron chi connectivity index (χ3n) is 4.27. The van der Waals surface area contributed by atoms with Gasteiger partial charge in [0.15, 0.2) is 0 Å². The lowest BCUT2D eigenvalue weighted by Gasteiger charge is -2.36. The monoisotopic (exact) mass is 306 g/mol. The Morgan fingerprint density at radius 1 is 0.913 bits per heavy atom. The van der Waals surface area contributed by atoms with Crippen LogP contribution in [0.1, 0.15) is 11.1 Å². The molecule has 3 nitrogen and oxygen atoms in total. The molecule has 1 saturated heterocycles. The molecule has 0 unspecified atom stereocenters. The summed E-state index contributed by atoms with van der Waals surface area (Å²) in [4.78, 5) is 16.6. The molecule has 23 heavy (non-hydrogen) atoms. The van der Waals surface area contributed by atoms with Crippen LogP contribution in [0.4, 0.5) is 5.69 Å². The molecule has 0 aliphatic carbocycles. The molecule has 3 heteroatoms. The van der Waals surface area contributed by atoms with Crippen molar-refractivity contribution in [3.8, 4) is 0 Å². The lowest BCUT2D eigenvalue weighted by molar-refractivity contribution is -0.126. The molecular weight excluding hydrogens is 284 g/mol. The number of nitrogens with zero attached hydrogens (tertiary/aromatic N) is 2. The molecule has 1 fully saturated rings. The molecule has 1 aliphatic rings. The molecule has 0 saturated carbocycles. The molecule has 0 N–H and O–H groups in total. The van der Waals surface area contributed by atoms with E-state index in [9.17, 15) is 4.79 Å². The maximum atomic E-state index is 12.3. The van der Waals surface area contributed by atoms with Gasteiger partial charge in [-0.3, -0.25) is 4.79 Å². The topological polar surface area (TPSA) is 23.6 Å². The Balaban J connectivity index is 1.57. The van der Waals surface area contributed by atoms with Crippen LogP contribution in [0.25, 0.3) is 6.08 Å². The van der Waals surface area contributed by atoms with Gasteiger partial charge in [-0.2, -0.15) is 0 Å². The van der Waals surface area contributed by atoms with Crippen molar-refractivity contribution in [3.05, 3.63) is 71.8 Å². The number of piperazine rings is 1. The van der Waals surface area contributed by atoms with Crippen LogP contribution < -0.4 is 4.90 Å². The molecular formula is C20H22N2O. The van der Waals surface area contributed by atoms with E-state index in [1.165, 1.54) is 11.3 Å². The van der Waals surface area contributed by atoms with Gasteiger partial charge in [0.25, 0.3) is 0 Å². The van der Waals surface area contributed by atoms with E-state index >= 15 is 0 Å². The quantitative estimate of drug-likeness (QED) is 0.812. The highest BCUT2D eigenvalue weighted by Crippen LogP contribution is 2.20. The highest BCUT2D eigenvalue weighted by atomic mass is 16.2. The summed E-state index contributed by atoms with van der Waals surface area (Å²) in [6.07, 6.45) is 3.56. The summed E-state index contributed by atoms with van der Waals surface area (Å²) in [6.45, 7) is 5.44. The Bertz CT molecular complexity index is 686. The predicted octanol–water partition coefficient (Wildman–Crippen LogP) is 3.36. The highest BCUT2D eigenvalue weighted by Gasteiger charge is 2.20. The zero-order valence-electron chi connectivity index (χ0n) is 13.5. The van der Waals surface area contributed by atoms with E-state index in [1.54, 1.807) is 6.08 Å². The van der Waals surface area contributed by atoms with E-state index in [-0.39, 0.29) is 5.91 Å². The maximum absolute atomic E-state index is 12.3. The fourth-order valence-corrected chi connectivity index (χ4v) is 2.92. The third kappa shape index (κ3) is 3.81. The molecule has 1 amide bonds. The summed E-state index contributed by atoms with van der Waals surface area (Å²) in [5.74, 6) is 0.0956. The van der Waals surface area contributed by atoms with Crippen molar-refractivity contribution in [2.75, 3.05) is 31.1 Å². The Morgan fingerprint density at radius 3 is 2.26 bits per heavy atom. The summed E-state index contributed by atoms with van der Waals surface area (Å²) in [5.41, 5.74) is 3.62. The summed E-state index contributed by atoms with van der Waals surface area (Å²) in [5, 5.41) is 0. The summed E-state index contributed by atoms with van der Waals surface area (Å²) in [7, 11) is 0. The van der Waals surface area contributed by atoms with Crippen molar-refractivity contribution in [1.82, 2.24) is 4.90 Å². The minimum atomic E-state index is 0.0956. The van der Waals surface area contributed by atoms with Gasteiger partial charge in [-0.05, 0) is 30.2 Å². The number of rotatable bonds is 3. The van der Waals surface area contributed by atoms with Crippen LogP contribution in [0.2, 0.25) is 0 Å². The molecule has 0 aromatic heterocycles. The van der Waals surface area contributed by atoms with Crippen molar-refractivity contribution >= 4 is 17.7 Å². The van der Waals surface area contributed by atoms with Gasteiger partial charge in [0, 0.05) is 37.9 Å². The Kier molecular flexibility index (Phi) is 4.77. The third-order valence-corrected chi connectivity index (χ3v) is 4.27. The zero-order chi connectivity index (χ0) is 16.1. The Hall–Kier alpha value is -2.55. The first-order valence-electron chi connectivity index (χ1n) is 8.06. The first-order valence-corrected chi connectivity index (χ1v) is 8.06. The number of amides is 1. The number of hydrogen-bond acceptors (Lipinski definition) is 2. The van der Waals surface area contributed by atoms with Crippen LogP contribution in [0.3, 0.4) is 0 Å². The molecule has 0 radical (unpaired) electrons. The van der Waals surface area contributed by atoms with Crippen LogP contribution in [0.15, 0.2) is 60.7 Å². The Labute approximate surface area is 137 Å². The minimum Gasteiger partial charge on any atom is -0.368 e. The lowest BCUT2D eigenvalue weighted by Crippen LogP contribution is -2.48. The van der Waals surface area contributed by atoms with E-state index in [2.05, 4.69) is 36.1 Å². The van der Waals surface area contributed by atoms with Gasteiger partial charge in [0.1, 0.15) is 0 Å². The smallest absolute Gasteiger partial charge is 0.246 e. The highest BCUT2D eigenvalue weighted by molar-refractivity contribution is 5.92. The molecule has 3 rings (SSSR count). The number of hydrogen-bond donors (Lipinski definition) is 0. The van der Waals surface area contributed by atoms with E-state index in [0.717, 1.165) is 31.7 Å². The zero-order valence-corrected chi connectivity index (χ0v) is 13.5. The van der Waals surface area contributed by atoms with E-state index < -0.39 is 0 Å². The predicted molar refractivity (Wildman–Crippen MR) is 95.4 cm³/mol. The normalized spacial score (nSPS) is 15.2. The molecule has 2 aromatic carbocycles. The fraction of sp³-hybridized carbons (Fsp3) is 0.250. The van der Waals surface area contributed by atoms with Gasteiger partial charge in [0.05, 0.1) is 0 Å². The number of anilines is 1. The molecule has 1 heterocycles. The molecule has 118 valence electrons. The average Bonchev–Trinajstić information content (AvgIpc) is 2.61. The number of carbonyl (C=O) groups is 1. The van der Waals surface area contributed by atoms with Crippen molar-refractivity contribution in [2.24, 2.45) is 0 Å². The van der Waals surface area contributed by atoms with E-state index in [4.69, 9.17) is 0 Å². The van der Waals surface area contributed by atoms with Crippen molar-refractivity contribution in [1.29, 1.82) is 0 Å². The molecule has 0 bridgehead atoms. The van der Waals surface area contributed by atoms with Crippen LogP contribution in [0.5, 0.6) is 0 Å². The minimum absolute atomic E-state index is 0.0956. The largest absolute Gasteiger partial charge is 0.368 e. The summed E-state index contributed by atoms with van der Waals surface area (Å²) in [6, 6.07) is 18.4. The first-order chi connectivity index (χ1) is 11.2. The average molecular weight is 306 g/mol. The second kappa shape index (κ2) is 7.14. The van der Waals surface area contributed by atoms with Gasteiger partial charge >= 0.3 is 0 Å². The SMILES string of the molecule is Cc1ccccc1N1CCN(C(=O)/C=C\c2ccccc2)CC1. The first kappa shape index (κ1) is 15.3. The van der Waals surface area contributed by atoms with Gasteiger partial charge < -0.3 is 9.80 Å². The van der Waals surface area contributed by atoms with Gasteiger partial charge in [-0.25, -0.2) is 0 Å². The van der Waals surface area contributed by atoms with Crippen LogP contribution in [-0.4, -0.2) is 37.0 Å². The van der Waals surface area contributed by atoms with Gasteiger partial charge in [-0.15, -0.1) is 0 Å².